The first kappa shape index (κ1) is 9.56. The third-order valence-corrected chi connectivity index (χ3v) is 2.35. The van der Waals surface area contributed by atoms with E-state index < -0.39 is 0 Å². The molecule has 1 aliphatic rings. The molecule has 2 rings (SSSR count). The van der Waals surface area contributed by atoms with Crippen LogP contribution in [0.15, 0.2) is 12.4 Å². The zero-order chi connectivity index (χ0) is 10.2. The maximum absolute atomic E-state index is 4.33. The van der Waals surface area contributed by atoms with E-state index in [1.54, 1.807) is 0 Å². The number of nitrogens with one attached hydrogen (secondary N) is 1. The summed E-state index contributed by atoms with van der Waals surface area (Å²) in [4.78, 5) is 0. The zero-order valence-corrected chi connectivity index (χ0v) is 9.25. The molecule has 0 radical (unpaired) electrons. The molecule has 0 atom stereocenters. The lowest BCUT2D eigenvalue weighted by Gasteiger charge is -2.18. The summed E-state index contributed by atoms with van der Waals surface area (Å²) in [5.41, 5.74) is 1.47. The molecule has 0 unspecified atom stereocenters. The molecule has 0 saturated heterocycles. The topological polar surface area (TPSA) is 29.9 Å². The lowest BCUT2D eigenvalue weighted by atomic mass is 9.97. The highest BCUT2D eigenvalue weighted by Gasteiger charge is 2.24. The van der Waals surface area contributed by atoms with Gasteiger partial charge in [-0.1, -0.05) is 20.8 Å². The Hall–Kier alpha value is -0.990. The van der Waals surface area contributed by atoms with E-state index in [9.17, 15) is 0 Å². The van der Waals surface area contributed by atoms with Crippen LogP contribution >= 0.6 is 0 Å². The molecule has 14 heavy (non-hydrogen) atoms. The molecule has 3 nitrogen and oxygen atoms in total. The summed E-state index contributed by atoms with van der Waals surface area (Å²) < 4.78 is 2.07. The molecule has 1 fully saturated rings. The first-order chi connectivity index (χ1) is 6.54. The van der Waals surface area contributed by atoms with Crippen molar-refractivity contribution in [2.24, 2.45) is 5.41 Å². The lowest BCUT2D eigenvalue weighted by Crippen LogP contribution is -2.18. The van der Waals surface area contributed by atoms with Gasteiger partial charge in [0.2, 0.25) is 0 Å². The number of hydrogen-bond acceptors (Lipinski definition) is 2. The highest BCUT2D eigenvalue weighted by atomic mass is 15.3. The van der Waals surface area contributed by atoms with Crippen LogP contribution < -0.4 is 5.32 Å². The van der Waals surface area contributed by atoms with E-state index in [1.807, 2.05) is 6.20 Å². The fourth-order valence-corrected chi connectivity index (χ4v) is 1.34. The van der Waals surface area contributed by atoms with Gasteiger partial charge in [-0.05, 0) is 18.3 Å². The Bertz CT molecular complexity index is 305. The molecule has 1 aliphatic carbocycles. The van der Waals surface area contributed by atoms with Crippen LogP contribution in [0.25, 0.3) is 0 Å². The van der Waals surface area contributed by atoms with Gasteiger partial charge in [0.15, 0.2) is 0 Å². The van der Waals surface area contributed by atoms with E-state index in [2.05, 4.69) is 42.1 Å². The number of anilines is 1. The molecule has 0 spiro atoms. The number of nitrogens with zero attached hydrogens (tertiary/aromatic N) is 2. The molecule has 0 amide bonds. The second kappa shape index (κ2) is 3.30. The van der Waals surface area contributed by atoms with E-state index in [4.69, 9.17) is 0 Å². The normalized spacial score (nSPS) is 17.1. The fourth-order valence-electron chi connectivity index (χ4n) is 1.34. The Morgan fingerprint density at radius 1 is 1.50 bits per heavy atom. The van der Waals surface area contributed by atoms with Crippen LogP contribution in [-0.2, 0) is 0 Å². The maximum atomic E-state index is 4.33. The SMILES string of the molecule is CC(C)(C)CNc1cnn(C2CC2)c1. The molecule has 1 aromatic rings. The fraction of sp³-hybridized carbons (Fsp3) is 0.727. The average Bonchev–Trinajstić information content (AvgIpc) is 2.81. The van der Waals surface area contributed by atoms with Gasteiger partial charge in [0, 0.05) is 12.7 Å². The summed E-state index contributed by atoms with van der Waals surface area (Å²) in [5.74, 6) is 0. The van der Waals surface area contributed by atoms with E-state index >= 15 is 0 Å². The van der Waals surface area contributed by atoms with Gasteiger partial charge in [-0.2, -0.15) is 5.10 Å². The largest absolute Gasteiger partial charge is 0.382 e. The van der Waals surface area contributed by atoms with Gasteiger partial charge in [-0.15, -0.1) is 0 Å². The molecule has 1 saturated carbocycles. The van der Waals surface area contributed by atoms with Gasteiger partial charge in [-0.3, -0.25) is 4.68 Å². The highest BCUT2D eigenvalue weighted by molar-refractivity contribution is 5.38. The zero-order valence-electron chi connectivity index (χ0n) is 9.25. The summed E-state index contributed by atoms with van der Waals surface area (Å²) in [7, 11) is 0. The van der Waals surface area contributed by atoms with Crippen molar-refractivity contribution in [3.63, 3.8) is 0 Å². The maximum Gasteiger partial charge on any atom is 0.0726 e. The van der Waals surface area contributed by atoms with Crippen LogP contribution in [0.1, 0.15) is 39.7 Å². The second-order valence-electron chi connectivity index (χ2n) is 5.35. The molecular weight excluding hydrogens is 174 g/mol. The summed E-state index contributed by atoms with van der Waals surface area (Å²) >= 11 is 0. The summed E-state index contributed by atoms with van der Waals surface area (Å²) in [5, 5.41) is 7.74. The van der Waals surface area contributed by atoms with Crippen LogP contribution in [0.4, 0.5) is 5.69 Å². The third kappa shape index (κ3) is 2.50. The van der Waals surface area contributed by atoms with Crippen molar-refractivity contribution in [2.75, 3.05) is 11.9 Å². The Morgan fingerprint density at radius 2 is 2.21 bits per heavy atom. The van der Waals surface area contributed by atoms with Crippen molar-refractivity contribution in [3.8, 4) is 0 Å². The Labute approximate surface area is 85.5 Å². The van der Waals surface area contributed by atoms with Gasteiger partial charge in [0.1, 0.15) is 0 Å². The first-order valence-electron chi connectivity index (χ1n) is 5.33. The minimum atomic E-state index is 0.321. The number of hydrogen-bond donors (Lipinski definition) is 1. The molecule has 3 heteroatoms. The molecule has 1 N–H and O–H groups in total. The van der Waals surface area contributed by atoms with Gasteiger partial charge in [0.25, 0.3) is 0 Å². The molecule has 0 bridgehead atoms. The van der Waals surface area contributed by atoms with Crippen LogP contribution in [0.3, 0.4) is 0 Å². The van der Waals surface area contributed by atoms with Crippen molar-refractivity contribution in [1.82, 2.24) is 9.78 Å². The third-order valence-electron chi connectivity index (χ3n) is 2.35. The van der Waals surface area contributed by atoms with E-state index in [0.717, 1.165) is 12.2 Å². The van der Waals surface area contributed by atoms with Crippen molar-refractivity contribution < 1.29 is 0 Å². The van der Waals surface area contributed by atoms with Crippen LogP contribution in [0.2, 0.25) is 0 Å². The molecular formula is C11H19N3. The first-order valence-corrected chi connectivity index (χ1v) is 5.33. The molecule has 0 aliphatic heterocycles. The molecule has 1 aromatic heterocycles. The summed E-state index contributed by atoms with van der Waals surface area (Å²) in [6, 6.07) is 0.681. The Kier molecular flexibility index (Phi) is 2.25. The van der Waals surface area contributed by atoms with Gasteiger partial charge in [0.05, 0.1) is 17.9 Å². The molecule has 78 valence electrons. The molecule has 1 heterocycles. The summed E-state index contributed by atoms with van der Waals surface area (Å²) in [6.07, 6.45) is 6.62. The van der Waals surface area contributed by atoms with Crippen LogP contribution in [0.5, 0.6) is 0 Å². The smallest absolute Gasteiger partial charge is 0.0726 e. The highest BCUT2D eigenvalue weighted by Crippen LogP contribution is 2.34. The van der Waals surface area contributed by atoms with Crippen molar-refractivity contribution in [2.45, 2.75) is 39.7 Å². The van der Waals surface area contributed by atoms with Crippen molar-refractivity contribution >= 4 is 5.69 Å². The van der Waals surface area contributed by atoms with E-state index in [-0.39, 0.29) is 0 Å². The average molecular weight is 193 g/mol. The predicted molar refractivity (Wildman–Crippen MR) is 58.4 cm³/mol. The van der Waals surface area contributed by atoms with Gasteiger partial charge >= 0.3 is 0 Å². The number of aromatic nitrogens is 2. The minimum Gasteiger partial charge on any atom is -0.382 e. The minimum absolute atomic E-state index is 0.321. The van der Waals surface area contributed by atoms with Crippen LogP contribution in [-0.4, -0.2) is 16.3 Å². The van der Waals surface area contributed by atoms with Gasteiger partial charge in [-0.25, -0.2) is 0 Å². The lowest BCUT2D eigenvalue weighted by molar-refractivity contribution is 0.443. The predicted octanol–water partition coefficient (Wildman–Crippen LogP) is 2.68. The van der Waals surface area contributed by atoms with E-state index in [1.165, 1.54) is 12.8 Å². The van der Waals surface area contributed by atoms with Crippen molar-refractivity contribution in [1.29, 1.82) is 0 Å². The van der Waals surface area contributed by atoms with Crippen molar-refractivity contribution in [3.05, 3.63) is 12.4 Å². The monoisotopic (exact) mass is 193 g/mol. The van der Waals surface area contributed by atoms with E-state index in [0.29, 0.717) is 11.5 Å². The standard InChI is InChI=1S/C11H19N3/c1-11(2,3)8-12-9-6-13-14(7-9)10-4-5-10/h6-7,10,12H,4-5,8H2,1-3H3. The molecule has 0 aromatic carbocycles. The van der Waals surface area contributed by atoms with Crippen LogP contribution in [0, 0.1) is 5.41 Å². The quantitative estimate of drug-likeness (QED) is 0.799. The summed E-state index contributed by atoms with van der Waals surface area (Å²) in [6.45, 7) is 7.67. The second-order valence-corrected chi connectivity index (χ2v) is 5.35. The Balaban J connectivity index is 1.90. The van der Waals surface area contributed by atoms with Gasteiger partial charge < -0.3 is 5.32 Å². The number of rotatable bonds is 3. The Morgan fingerprint density at radius 3 is 2.79 bits per heavy atom.